The first-order valence-corrected chi connectivity index (χ1v) is 5.67. The maximum absolute atomic E-state index is 5.46. The summed E-state index contributed by atoms with van der Waals surface area (Å²) in [5, 5.41) is 3.20. The van der Waals surface area contributed by atoms with Crippen LogP contribution >= 0.6 is 0 Å². The molecule has 4 nitrogen and oxygen atoms in total. The summed E-state index contributed by atoms with van der Waals surface area (Å²) in [6, 6.07) is 8.53. The quantitative estimate of drug-likeness (QED) is 0.842. The average molecular weight is 228 g/mol. The number of nitrogens with one attached hydrogen (secondary N) is 1. The summed E-state index contributed by atoms with van der Waals surface area (Å²) in [4.78, 5) is 8.10. The molecule has 1 aromatic carbocycles. The molecule has 0 saturated heterocycles. The predicted octanol–water partition coefficient (Wildman–Crippen LogP) is 2.23. The molecule has 0 amide bonds. The van der Waals surface area contributed by atoms with Crippen molar-refractivity contribution < 1.29 is 0 Å². The Balaban J connectivity index is 1.95. The van der Waals surface area contributed by atoms with Gasteiger partial charge in [0.05, 0.1) is 12.4 Å². The minimum absolute atomic E-state index is 0.433. The Hall–Kier alpha value is -2.10. The fraction of sp³-hybridized carbons (Fsp3) is 0.231. The van der Waals surface area contributed by atoms with Gasteiger partial charge < -0.3 is 11.1 Å². The van der Waals surface area contributed by atoms with Crippen molar-refractivity contribution in [2.24, 2.45) is 0 Å². The molecule has 0 aliphatic rings. The fourth-order valence-corrected chi connectivity index (χ4v) is 1.51. The van der Waals surface area contributed by atoms with E-state index in [1.165, 1.54) is 11.1 Å². The molecule has 0 radical (unpaired) electrons. The van der Waals surface area contributed by atoms with E-state index in [9.17, 15) is 0 Å². The van der Waals surface area contributed by atoms with Gasteiger partial charge in [-0.25, -0.2) is 9.97 Å². The number of benzene rings is 1. The largest absolute Gasteiger partial charge is 0.382 e. The molecule has 1 aromatic heterocycles. The highest BCUT2D eigenvalue weighted by molar-refractivity contribution is 5.37. The van der Waals surface area contributed by atoms with Crippen LogP contribution in [0.4, 0.5) is 11.6 Å². The third-order valence-corrected chi connectivity index (χ3v) is 2.58. The molecule has 0 fully saturated rings. The van der Waals surface area contributed by atoms with Crippen molar-refractivity contribution in [3.8, 4) is 0 Å². The lowest BCUT2D eigenvalue weighted by Gasteiger charge is -2.06. The number of anilines is 2. The predicted molar refractivity (Wildman–Crippen MR) is 69.6 cm³/mol. The second-order valence-electron chi connectivity index (χ2n) is 3.85. The van der Waals surface area contributed by atoms with E-state index in [0.29, 0.717) is 5.82 Å². The van der Waals surface area contributed by atoms with E-state index < -0.39 is 0 Å². The van der Waals surface area contributed by atoms with Crippen LogP contribution in [-0.2, 0) is 13.0 Å². The van der Waals surface area contributed by atoms with Gasteiger partial charge in [-0.1, -0.05) is 31.2 Å². The van der Waals surface area contributed by atoms with Crippen LogP contribution in [0, 0.1) is 0 Å². The van der Waals surface area contributed by atoms with Crippen LogP contribution in [0.1, 0.15) is 18.1 Å². The van der Waals surface area contributed by atoms with Crippen LogP contribution < -0.4 is 11.1 Å². The lowest BCUT2D eigenvalue weighted by atomic mass is 10.1. The van der Waals surface area contributed by atoms with Gasteiger partial charge in [-0.3, -0.25) is 0 Å². The third-order valence-electron chi connectivity index (χ3n) is 2.58. The van der Waals surface area contributed by atoms with Crippen LogP contribution in [0.25, 0.3) is 0 Å². The third kappa shape index (κ3) is 3.17. The van der Waals surface area contributed by atoms with Crippen molar-refractivity contribution >= 4 is 11.6 Å². The van der Waals surface area contributed by atoms with E-state index in [1.807, 2.05) is 0 Å². The Kier molecular flexibility index (Phi) is 3.55. The van der Waals surface area contributed by atoms with E-state index >= 15 is 0 Å². The molecule has 88 valence electrons. The molecule has 2 rings (SSSR count). The summed E-state index contributed by atoms with van der Waals surface area (Å²) in [5.41, 5.74) is 8.04. The summed E-state index contributed by atoms with van der Waals surface area (Å²) in [6.07, 6.45) is 4.25. The summed E-state index contributed by atoms with van der Waals surface area (Å²) in [5.74, 6) is 1.17. The highest BCUT2D eigenvalue weighted by Gasteiger charge is 1.96. The molecule has 0 aliphatic carbocycles. The molecular formula is C13H16N4. The van der Waals surface area contributed by atoms with Crippen molar-refractivity contribution in [1.82, 2.24) is 9.97 Å². The zero-order valence-corrected chi connectivity index (χ0v) is 9.85. The van der Waals surface area contributed by atoms with Crippen LogP contribution in [0.15, 0.2) is 36.7 Å². The highest BCUT2D eigenvalue weighted by Crippen LogP contribution is 2.08. The Morgan fingerprint density at radius 1 is 1.06 bits per heavy atom. The monoisotopic (exact) mass is 228 g/mol. The fourth-order valence-electron chi connectivity index (χ4n) is 1.51. The van der Waals surface area contributed by atoms with Gasteiger partial charge in [-0.15, -0.1) is 0 Å². The number of aryl methyl sites for hydroxylation is 1. The number of hydrogen-bond donors (Lipinski definition) is 2. The lowest BCUT2D eigenvalue weighted by Crippen LogP contribution is -2.02. The standard InChI is InChI=1S/C13H16N4/c1-2-10-3-5-11(6-4-10)7-16-13-9-15-12(14)8-17-13/h3-6,8-9H,2,7H2,1H3,(H2,14,15)(H,16,17). The molecule has 1 heterocycles. The minimum Gasteiger partial charge on any atom is -0.382 e. The van der Waals surface area contributed by atoms with Gasteiger partial charge in [-0.05, 0) is 17.5 Å². The van der Waals surface area contributed by atoms with Gasteiger partial charge in [0.15, 0.2) is 0 Å². The molecule has 2 aromatic rings. The SMILES string of the molecule is CCc1ccc(CNc2cnc(N)cn2)cc1. The molecule has 0 unspecified atom stereocenters. The van der Waals surface area contributed by atoms with Crippen LogP contribution in [0.2, 0.25) is 0 Å². The van der Waals surface area contributed by atoms with E-state index in [2.05, 4.69) is 46.5 Å². The number of aromatic nitrogens is 2. The Morgan fingerprint density at radius 3 is 2.35 bits per heavy atom. The highest BCUT2D eigenvalue weighted by atomic mass is 15.0. The normalized spacial score (nSPS) is 10.2. The molecule has 4 heteroatoms. The zero-order chi connectivity index (χ0) is 12.1. The van der Waals surface area contributed by atoms with E-state index in [0.717, 1.165) is 18.8 Å². The second kappa shape index (κ2) is 5.30. The average Bonchev–Trinajstić information content (AvgIpc) is 2.39. The van der Waals surface area contributed by atoms with Gasteiger partial charge in [0.25, 0.3) is 0 Å². The van der Waals surface area contributed by atoms with Gasteiger partial charge >= 0.3 is 0 Å². The van der Waals surface area contributed by atoms with Gasteiger partial charge in [0.1, 0.15) is 11.6 Å². The molecule has 0 atom stereocenters. The van der Waals surface area contributed by atoms with Gasteiger partial charge in [0.2, 0.25) is 0 Å². The summed E-state index contributed by atoms with van der Waals surface area (Å²) in [6.45, 7) is 2.89. The first-order valence-electron chi connectivity index (χ1n) is 5.67. The lowest BCUT2D eigenvalue weighted by molar-refractivity contribution is 1.08. The number of nitrogens with zero attached hydrogens (tertiary/aromatic N) is 2. The second-order valence-corrected chi connectivity index (χ2v) is 3.85. The van der Waals surface area contributed by atoms with Crippen LogP contribution in [0.5, 0.6) is 0 Å². The summed E-state index contributed by atoms with van der Waals surface area (Å²) >= 11 is 0. The summed E-state index contributed by atoms with van der Waals surface area (Å²) in [7, 11) is 0. The van der Waals surface area contributed by atoms with E-state index in [1.54, 1.807) is 12.4 Å². The number of hydrogen-bond acceptors (Lipinski definition) is 4. The number of rotatable bonds is 4. The molecule has 0 aliphatic heterocycles. The molecular weight excluding hydrogens is 212 g/mol. The number of nitrogens with two attached hydrogens (primary N) is 1. The van der Waals surface area contributed by atoms with Crippen LogP contribution in [0.3, 0.4) is 0 Å². The first kappa shape index (κ1) is 11.4. The summed E-state index contributed by atoms with van der Waals surface area (Å²) < 4.78 is 0. The first-order chi connectivity index (χ1) is 8.28. The smallest absolute Gasteiger partial charge is 0.144 e. The van der Waals surface area contributed by atoms with Crippen molar-refractivity contribution in [3.05, 3.63) is 47.8 Å². The van der Waals surface area contributed by atoms with Crippen molar-refractivity contribution in [2.75, 3.05) is 11.1 Å². The van der Waals surface area contributed by atoms with Crippen molar-refractivity contribution in [1.29, 1.82) is 0 Å². The minimum atomic E-state index is 0.433. The molecule has 0 bridgehead atoms. The maximum atomic E-state index is 5.46. The molecule has 17 heavy (non-hydrogen) atoms. The topological polar surface area (TPSA) is 63.8 Å². The van der Waals surface area contributed by atoms with E-state index in [-0.39, 0.29) is 0 Å². The Bertz CT molecular complexity index is 462. The zero-order valence-electron chi connectivity index (χ0n) is 9.85. The van der Waals surface area contributed by atoms with E-state index in [4.69, 9.17) is 5.73 Å². The van der Waals surface area contributed by atoms with Gasteiger partial charge in [0, 0.05) is 6.54 Å². The molecule has 3 N–H and O–H groups in total. The number of nitrogen functional groups attached to an aromatic ring is 1. The molecule has 0 saturated carbocycles. The molecule has 0 spiro atoms. The maximum Gasteiger partial charge on any atom is 0.144 e. The Labute approximate surface area is 101 Å². The van der Waals surface area contributed by atoms with Crippen LogP contribution in [-0.4, -0.2) is 9.97 Å². The van der Waals surface area contributed by atoms with Crippen molar-refractivity contribution in [3.63, 3.8) is 0 Å². The van der Waals surface area contributed by atoms with Gasteiger partial charge in [-0.2, -0.15) is 0 Å². The Morgan fingerprint density at radius 2 is 1.76 bits per heavy atom. The van der Waals surface area contributed by atoms with Crippen molar-refractivity contribution in [2.45, 2.75) is 19.9 Å².